The zero-order valence-corrected chi connectivity index (χ0v) is 13.0. The topological polar surface area (TPSA) is 32.3 Å². The van der Waals surface area contributed by atoms with Gasteiger partial charge >= 0.3 is 0 Å². The van der Waals surface area contributed by atoms with Crippen LogP contribution in [0.1, 0.15) is 17.5 Å². The molecular formula is C19H21FN2O. The molecule has 0 aliphatic carbocycles. The van der Waals surface area contributed by atoms with E-state index < -0.39 is 0 Å². The van der Waals surface area contributed by atoms with Crippen molar-refractivity contribution in [2.45, 2.75) is 19.5 Å². The summed E-state index contributed by atoms with van der Waals surface area (Å²) in [7, 11) is 0. The zero-order valence-electron chi connectivity index (χ0n) is 13.0. The van der Waals surface area contributed by atoms with Crippen molar-refractivity contribution in [2.75, 3.05) is 13.1 Å². The van der Waals surface area contributed by atoms with E-state index in [0.29, 0.717) is 6.54 Å². The summed E-state index contributed by atoms with van der Waals surface area (Å²) in [6, 6.07) is 16.6. The normalized spacial score (nSPS) is 18.0. The van der Waals surface area contributed by atoms with Crippen LogP contribution < -0.4 is 5.32 Å². The van der Waals surface area contributed by atoms with Crippen LogP contribution >= 0.6 is 0 Å². The maximum Gasteiger partial charge on any atom is 0.224 e. The Morgan fingerprint density at radius 1 is 1.09 bits per heavy atom. The van der Waals surface area contributed by atoms with Crippen molar-refractivity contribution in [1.82, 2.24) is 10.2 Å². The standard InChI is InChI=1S/C19H21FN2O/c20-18-8-6-15(7-9-18)12-21-19(23)17-10-11-22(14-17)13-16-4-2-1-3-5-16/h1-9,17H,10-14H2,(H,21,23). The van der Waals surface area contributed by atoms with E-state index in [2.05, 4.69) is 22.3 Å². The quantitative estimate of drug-likeness (QED) is 0.920. The monoisotopic (exact) mass is 312 g/mol. The fourth-order valence-electron chi connectivity index (χ4n) is 2.97. The molecule has 0 bridgehead atoms. The molecule has 1 amide bonds. The van der Waals surface area contributed by atoms with Gasteiger partial charge < -0.3 is 5.32 Å². The predicted molar refractivity (Wildman–Crippen MR) is 88.1 cm³/mol. The smallest absolute Gasteiger partial charge is 0.224 e. The summed E-state index contributed by atoms with van der Waals surface area (Å²) >= 11 is 0. The Kier molecular flexibility index (Phi) is 5.03. The van der Waals surface area contributed by atoms with Crippen LogP contribution in [-0.4, -0.2) is 23.9 Å². The number of hydrogen-bond acceptors (Lipinski definition) is 2. The summed E-state index contributed by atoms with van der Waals surface area (Å²) in [5.41, 5.74) is 2.19. The zero-order chi connectivity index (χ0) is 16.1. The van der Waals surface area contributed by atoms with Gasteiger partial charge in [-0.25, -0.2) is 4.39 Å². The number of carbonyl (C=O) groups is 1. The number of nitrogens with zero attached hydrogens (tertiary/aromatic N) is 1. The minimum absolute atomic E-state index is 0.0409. The van der Waals surface area contributed by atoms with Gasteiger partial charge in [-0.15, -0.1) is 0 Å². The molecule has 1 fully saturated rings. The van der Waals surface area contributed by atoms with Gasteiger partial charge in [0.05, 0.1) is 5.92 Å². The van der Waals surface area contributed by atoms with Crippen LogP contribution in [0.4, 0.5) is 4.39 Å². The van der Waals surface area contributed by atoms with Gasteiger partial charge in [0.2, 0.25) is 5.91 Å². The molecular weight excluding hydrogens is 291 g/mol. The molecule has 3 nitrogen and oxygen atoms in total. The third-order valence-electron chi connectivity index (χ3n) is 4.27. The van der Waals surface area contributed by atoms with E-state index in [1.165, 1.54) is 17.7 Å². The summed E-state index contributed by atoms with van der Waals surface area (Å²) in [6.07, 6.45) is 0.891. The van der Waals surface area contributed by atoms with Crippen LogP contribution in [0.2, 0.25) is 0 Å². The molecule has 3 rings (SSSR count). The SMILES string of the molecule is O=C(NCc1ccc(F)cc1)C1CCN(Cc2ccccc2)C1. The van der Waals surface area contributed by atoms with Gasteiger partial charge in [-0.05, 0) is 36.2 Å². The Morgan fingerprint density at radius 2 is 1.83 bits per heavy atom. The highest BCUT2D eigenvalue weighted by Gasteiger charge is 2.27. The van der Waals surface area contributed by atoms with Crippen LogP contribution in [0.5, 0.6) is 0 Å². The lowest BCUT2D eigenvalue weighted by Gasteiger charge is -2.16. The van der Waals surface area contributed by atoms with Gasteiger partial charge in [-0.1, -0.05) is 42.5 Å². The van der Waals surface area contributed by atoms with Gasteiger partial charge in [0.15, 0.2) is 0 Å². The van der Waals surface area contributed by atoms with E-state index in [1.54, 1.807) is 12.1 Å². The minimum atomic E-state index is -0.257. The second-order valence-corrected chi connectivity index (χ2v) is 6.05. The van der Waals surface area contributed by atoms with Gasteiger partial charge in [-0.3, -0.25) is 9.69 Å². The lowest BCUT2D eigenvalue weighted by molar-refractivity contribution is -0.124. The lowest BCUT2D eigenvalue weighted by Crippen LogP contribution is -2.32. The number of benzene rings is 2. The van der Waals surface area contributed by atoms with Crippen molar-refractivity contribution >= 4 is 5.91 Å². The molecule has 1 saturated heterocycles. The van der Waals surface area contributed by atoms with Crippen LogP contribution in [0.3, 0.4) is 0 Å². The molecule has 120 valence electrons. The third kappa shape index (κ3) is 4.39. The molecule has 0 spiro atoms. The van der Waals surface area contributed by atoms with Crippen molar-refractivity contribution in [3.63, 3.8) is 0 Å². The Morgan fingerprint density at radius 3 is 2.57 bits per heavy atom. The third-order valence-corrected chi connectivity index (χ3v) is 4.27. The van der Waals surface area contributed by atoms with Crippen molar-refractivity contribution in [2.24, 2.45) is 5.92 Å². The Bertz CT molecular complexity index is 642. The molecule has 4 heteroatoms. The molecule has 2 aromatic carbocycles. The first-order valence-electron chi connectivity index (χ1n) is 7.99. The predicted octanol–water partition coefficient (Wildman–Crippen LogP) is 2.96. The molecule has 1 aliphatic rings. The summed E-state index contributed by atoms with van der Waals surface area (Å²) in [6.45, 7) is 3.09. The first-order valence-corrected chi connectivity index (χ1v) is 7.99. The molecule has 0 aromatic heterocycles. The first kappa shape index (κ1) is 15.7. The molecule has 1 atom stereocenters. The summed E-state index contributed by atoms with van der Waals surface area (Å²) in [5, 5.41) is 2.96. The van der Waals surface area contributed by atoms with E-state index in [9.17, 15) is 9.18 Å². The van der Waals surface area contributed by atoms with Crippen LogP contribution in [-0.2, 0) is 17.9 Å². The van der Waals surface area contributed by atoms with E-state index in [-0.39, 0.29) is 17.6 Å². The summed E-state index contributed by atoms with van der Waals surface area (Å²) in [4.78, 5) is 14.6. The van der Waals surface area contributed by atoms with Crippen molar-refractivity contribution < 1.29 is 9.18 Å². The van der Waals surface area contributed by atoms with Crippen LogP contribution in [0, 0.1) is 11.7 Å². The second-order valence-electron chi connectivity index (χ2n) is 6.05. The maximum absolute atomic E-state index is 12.9. The molecule has 23 heavy (non-hydrogen) atoms. The van der Waals surface area contributed by atoms with E-state index in [0.717, 1.165) is 31.6 Å². The minimum Gasteiger partial charge on any atom is -0.352 e. The first-order chi connectivity index (χ1) is 11.2. The Balaban J connectivity index is 1.46. The second kappa shape index (κ2) is 7.38. The van der Waals surface area contributed by atoms with Crippen molar-refractivity contribution in [3.8, 4) is 0 Å². The van der Waals surface area contributed by atoms with Crippen LogP contribution in [0.15, 0.2) is 54.6 Å². The summed E-state index contributed by atoms with van der Waals surface area (Å²) < 4.78 is 12.9. The maximum atomic E-state index is 12.9. The Hall–Kier alpha value is -2.20. The highest BCUT2D eigenvalue weighted by molar-refractivity contribution is 5.79. The fourth-order valence-corrected chi connectivity index (χ4v) is 2.97. The fraction of sp³-hybridized carbons (Fsp3) is 0.316. The van der Waals surface area contributed by atoms with E-state index >= 15 is 0 Å². The molecule has 1 heterocycles. The number of hydrogen-bond donors (Lipinski definition) is 1. The van der Waals surface area contributed by atoms with Gasteiger partial charge in [0.1, 0.15) is 5.82 Å². The number of nitrogens with one attached hydrogen (secondary N) is 1. The van der Waals surface area contributed by atoms with Gasteiger partial charge in [-0.2, -0.15) is 0 Å². The molecule has 1 N–H and O–H groups in total. The van der Waals surface area contributed by atoms with Gasteiger partial charge in [0.25, 0.3) is 0 Å². The summed E-state index contributed by atoms with van der Waals surface area (Å²) in [5.74, 6) is -0.128. The number of rotatable bonds is 5. The van der Waals surface area contributed by atoms with E-state index in [4.69, 9.17) is 0 Å². The van der Waals surface area contributed by atoms with Gasteiger partial charge in [0, 0.05) is 19.6 Å². The highest BCUT2D eigenvalue weighted by atomic mass is 19.1. The number of amides is 1. The Labute approximate surface area is 136 Å². The molecule has 1 aliphatic heterocycles. The molecule has 0 saturated carbocycles. The molecule has 2 aromatic rings. The largest absolute Gasteiger partial charge is 0.352 e. The van der Waals surface area contributed by atoms with Crippen molar-refractivity contribution in [1.29, 1.82) is 0 Å². The lowest BCUT2D eigenvalue weighted by atomic mass is 10.1. The van der Waals surface area contributed by atoms with Crippen molar-refractivity contribution in [3.05, 3.63) is 71.5 Å². The van der Waals surface area contributed by atoms with E-state index in [1.807, 2.05) is 18.2 Å². The molecule has 1 unspecified atom stereocenters. The van der Waals surface area contributed by atoms with Crippen LogP contribution in [0.25, 0.3) is 0 Å². The highest BCUT2D eigenvalue weighted by Crippen LogP contribution is 2.19. The average Bonchev–Trinajstić information content (AvgIpc) is 3.03. The average molecular weight is 312 g/mol. The number of halogens is 1. The number of likely N-dealkylation sites (tertiary alicyclic amines) is 1. The number of carbonyl (C=O) groups excluding carboxylic acids is 1. The molecule has 0 radical (unpaired) electrons.